The Hall–Kier alpha value is -1.96. The van der Waals surface area contributed by atoms with Crippen LogP contribution in [-0.2, 0) is 4.79 Å². The van der Waals surface area contributed by atoms with Crippen molar-refractivity contribution in [2.45, 2.75) is 31.7 Å². The van der Waals surface area contributed by atoms with Crippen molar-refractivity contribution in [2.75, 3.05) is 5.32 Å². The Kier molecular flexibility index (Phi) is 4.33. The van der Waals surface area contributed by atoms with Gasteiger partial charge in [0.1, 0.15) is 6.20 Å². The minimum atomic E-state index is -0.562. The number of aromatic nitrogens is 2. The van der Waals surface area contributed by atoms with Crippen LogP contribution in [0.4, 0.5) is 11.5 Å². The fraction of sp³-hybridized carbons (Fsp3) is 0.545. The van der Waals surface area contributed by atoms with Crippen LogP contribution in [0.5, 0.6) is 0 Å². The van der Waals surface area contributed by atoms with Crippen molar-refractivity contribution >= 4 is 29.0 Å². The number of halogens is 1. The van der Waals surface area contributed by atoms with Gasteiger partial charge in [0.25, 0.3) is 0 Å². The number of hydrogen-bond donors (Lipinski definition) is 2. The van der Waals surface area contributed by atoms with Gasteiger partial charge in [0, 0.05) is 12.0 Å². The normalized spacial score (nSPS) is 22.2. The highest BCUT2D eigenvalue weighted by Gasteiger charge is 2.27. The zero-order valence-corrected chi connectivity index (χ0v) is 11.3. The van der Waals surface area contributed by atoms with Crippen LogP contribution in [0.2, 0.25) is 5.28 Å². The number of nitrogens with one attached hydrogen (secondary N) is 1. The third kappa shape index (κ3) is 3.32. The van der Waals surface area contributed by atoms with Gasteiger partial charge < -0.3 is 11.1 Å². The Balaban J connectivity index is 2.06. The first-order valence-electron chi connectivity index (χ1n) is 6.20. The fourth-order valence-corrected chi connectivity index (χ4v) is 2.44. The van der Waals surface area contributed by atoms with Gasteiger partial charge in [-0.2, -0.15) is 4.98 Å². The van der Waals surface area contributed by atoms with Crippen molar-refractivity contribution < 1.29 is 9.72 Å². The summed E-state index contributed by atoms with van der Waals surface area (Å²) in [6.45, 7) is 0. The molecule has 1 heterocycles. The topological polar surface area (TPSA) is 124 Å². The van der Waals surface area contributed by atoms with Gasteiger partial charge in [-0.05, 0) is 37.3 Å². The molecule has 1 aromatic heterocycles. The molecule has 1 aliphatic carbocycles. The summed E-state index contributed by atoms with van der Waals surface area (Å²) in [4.78, 5) is 28.9. The maximum atomic E-state index is 11.1. The molecule has 108 valence electrons. The summed E-state index contributed by atoms with van der Waals surface area (Å²) < 4.78 is 0. The first-order chi connectivity index (χ1) is 9.47. The van der Waals surface area contributed by atoms with Gasteiger partial charge in [-0.3, -0.25) is 14.9 Å². The molecule has 3 N–H and O–H groups in total. The SMILES string of the molecule is NC(=O)C1CCC(Nc2nc(Cl)ncc2[N+](=O)[O-])CC1. The minimum Gasteiger partial charge on any atom is -0.369 e. The molecule has 8 nitrogen and oxygen atoms in total. The molecule has 0 aliphatic heterocycles. The van der Waals surface area contributed by atoms with E-state index in [9.17, 15) is 14.9 Å². The van der Waals surface area contributed by atoms with E-state index in [1.165, 1.54) is 0 Å². The molecule has 1 saturated carbocycles. The summed E-state index contributed by atoms with van der Waals surface area (Å²) in [6.07, 6.45) is 3.81. The fourth-order valence-electron chi connectivity index (χ4n) is 2.31. The average Bonchev–Trinajstić information content (AvgIpc) is 2.39. The van der Waals surface area contributed by atoms with Crippen LogP contribution in [0.25, 0.3) is 0 Å². The average molecular weight is 300 g/mol. The maximum Gasteiger partial charge on any atom is 0.329 e. The number of nitrogens with two attached hydrogens (primary N) is 1. The summed E-state index contributed by atoms with van der Waals surface area (Å²) in [5, 5.41) is 13.8. The molecule has 0 atom stereocenters. The molecule has 1 amide bonds. The first kappa shape index (κ1) is 14.4. The molecule has 0 spiro atoms. The van der Waals surface area contributed by atoms with E-state index < -0.39 is 4.92 Å². The van der Waals surface area contributed by atoms with Crippen LogP contribution < -0.4 is 11.1 Å². The second kappa shape index (κ2) is 6.00. The monoisotopic (exact) mass is 299 g/mol. The standard InChI is InChI=1S/C11H14ClN5O3/c12-11-14-5-8(17(19)20)10(16-11)15-7-3-1-6(2-4-7)9(13)18/h5-7H,1-4H2,(H2,13,18)(H,14,15,16). The van der Waals surface area contributed by atoms with Crippen molar-refractivity contribution in [3.05, 3.63) is 21.6 Å². The van der Waals surface area contributed by atoms with E-state index in [4.69, 9.17) is 17.3 Å². The molecule has 0 saturated heterocycles. The molecule has 1 fully saturated rings. The number of primary amides is 1. The Bertz CT molecular complexity index is 531. The van der Waals surface area contributed by atoms with Gasteiger partial charge in [-0.25, -0.2) is 4.98 Å². The van der Waals surface area contributed by atoms with E-state index >= 15 is 0 Å². The Morgan fingerprint density at radius 1 is 1.45 bits per heavy atom. The Morgan fingerprint density at radius 2 is 2.10 bits per heavy atom. The van der Waals surface area contributed by atoms with E-state index in [1.807, 2.05) is 0 Å². The largest absolute Gasteiger partial charge is 0.369 e. The second-order valence-corrected chi connectivity index (χ2v) is 5.06. The number of carbonyl (C=O) groups is 1. The van der Waals surface area contributed by atoms with Crippen molar-refractivity contribution in [2.24, 2.45) is 11.7 Å². The summed E-state index contributed by atoms with van der Waals surface area (Å²) in [5.74, 6) is -0.297. The van der Waals surface area contributed by atoms with Crippen molar-refractivity contribution in [3.63, 3.8) is 0 Å². The van der Waals surface area contributed by atoms with E-state index in [2.05, 4.69) is 15.3 Å². The quantitative estimate of drug-likeness (QED) is 0.493. The molecule has 0 radical (unpaired) electrons. The number of nitro groups is 1. The lowest BCUT2D eigenvalue weighted by atomic mass is 9.85. The summed E-state index contributed by atoms with van der Waals surface area (Å²) in [7, 11) is 0. The van der Waals surface area contributed by atoms with E-state index in [0.717, 1.165) is 6.20 Å². The molecular formula is C11H14ClN5O3. The van der Waals surface area contributed by atoms with E-state index in [-0.39, 0.29) is 34.7 Å². The van der Waals surface area contributed by atoms with Gasteiger partial charge in [-0.15, -0.1) is 0 Å². The maximum absolute atomic E-state index is 11.1. The number of rotatable bonds is 4. The Labute approximate surface area is 119 Å². The zero-order valence-electron chi connectivity index (χ0n) is 10.6. The lowest BCUT2D eigenvalue weighted by Gasteiger charge is -2.27. The number of anilines is 1. The van der Waals surface area contributed by atoms with Crippen molar-refractivity contribution in [3.8, 4) is 0 Å². The van der Waals surface area contributed by atoms with Gasteiger partial charge in [0.2, 0.25) is 17.0 Å². The molecule has 0 bridgehead atoms. The zero-order chi connectivity index (χ0) is 14.7. The number of nitrogens with zero attached hydrogens (tertiary/aromatic N) is 3. The van der Waals surface area contributed by atoms with Gasteiger partial charge in [0.15, 0.2) is 0 Å². The molecule has 1 aromatic rings. The highest BCUT2D eigenvalue weighted by atomic mass is 35.5. The third-order valence-corrected chi connectivity index (χ3v) is 3.59. The van der Waals surface area contributed by atoms with Crippen LogP contribution in [0.1, 0.15) is 25.7 Å². The molecule has 0 aromatic carbocycles. The smallest absolute Gasteiger partial charge is 0.329 e. The van der Waals surface area contributed by atoms with Crippen LogP contribution in [0, 0.1) is 16.0 Å². The molecule has 9 heteroatoms. The lowest BCUT2D eigenvalue weighted by Crippen LogP contribution is -2.32. The van der Waals surface area contributed by atoms with Crippen LogP contribution in [-0.4, -0.2) is 26.8 Å². The van der Waals surface area contributed by atoms with E-state index in [0.29, 0.717) is 25.7 Å². The summed E-state index contributed by atoms with van der Waals surface area (Å²) in [6, 6.07) is 0.00951. The first-order valence-corrected chi connectivity index (χ1v) is 6.58. The molecule has 0 unspecified atom stereocenters. The second-order valence-electron chi connectivity index (χ2n) is 4.73. The van der Waals surface area contributed by atoms with Crippen molar-refractivity contribution in [1.82, 2.24) is 9.97 Å². The highest BCUT2D eigenvalue weighted by molar-refractivity contribution is 6.28. The Morgan fingerprint density at radius 3 is 2.65 bits per heavy atom. The highest BCUT2D eigenvalue weighted by Crippen LogP contribution is 2.29. The van der Waals surface area contributed by atoms with Crippen LogP contribution in [0.3, 0.4) is 0 Å². The van der Waals surface area contributed by atoms with Crippen molar-refractivity contribution in [1.29, 1.82) is 0 Å². The predicted molar refractivity (Wildman–Crippen MR) is 72.3 cm³/mol. The molecule has 1 aliphatic rings. The lowest BCUT2D eigenvalue weighted by molar-refractivity contribution is -0.384. The predicted octanol–water partition coefficient (Wildman–Crippen LogP) is 1.49. The molecule has 2 rings (SSSR count). The summed E-state index contributed by atoms with van der Waals surface area (Å²) in [5.41, 5.74) is 5.05. The third-order valence-electron chi connectivity index (χ3n) is 3.41. The molecular weight excluding hydrogens is 286 g/mol. The van der Waals surface area contributed by atoms with Gasteiger partial charge in [0.05, 0.1) is 4.92 Å². The number of carbonyl (C=O) groups excluding carboxylic acids is 1. The molecule has 20 heavy (non-hydrogen) atoms. The number of hydrogen-bond acceptors (Lipinski definition) is 6. The van der Waals surface area contributed by atoms with Gasteiger partial charge in [-0.1, -0.05) is 0 Å². The summed E-state index contributed by atoms with van der Waals surface area (Å²) >= 11 is 5.66. The number of amides is 1. The minimum absolute atomic E-state index is 0.00951. The van der Waals surface area contributed by atoms with Gasteiger partial charge >= 0.3 is 5.69 Å². The van der Waals surface area contributed by atoms with Crippen LogP contribution >= 0.6 is 11.6 Å². The van der Waals surface area contributed by atoms with Crippen LogP contribution in [0.15, 0.2) is 6.20 Å². The van der Waals surface area contributed by atoms with E-state index in [1.54, 1.807) is 0 Å².